The summed E-state index contributed by atoms with van der Waals surface area (Å²) in [7, 11) is -11.4. The maximum absolute atomic E-state index is 9.32. The molecule has 0 aliphatic heterocycles. The molecule has 0 saturated heterocycles. The Morgan fingerprint density at radius 3 is 1.00 bits per heavy atom. The number of hydrogen-bond donors (Lipinski definition) is 0. The zero-order valence-corrected chi connectivity index (χ0v) is 9.46. The smallest absolute Gasteiger partial charge is 0.790 e. The molecule has 0 aromatic rings. The van der Waals surface area contributed by atoms with Gasteiger partial charge >= 0.3 is 37.7 Å². The third-order valence-corrected chi connectivity index (χ3v) is 1.80. The fourth-order valence-electron chi connectivity index (χ4n) is 0.122. The van der Waals surface area contributed by atoms with E-state index in [9.17, 15) is 28.7 Å². The van der Waals surface area contributed by atoms with Crippen LogP contribution >= 0.6 is 15.6 Å². The van der Waals surface area contributed by atoms with E-state index >= 15 is 0 Å². The van der Waals surface area contributed by atoms with Crippen molar-refractivity contribution in [3.05, 3.63) is 0 Å². The van der Waals surface area contributed by atoms with Gasteiger partial charge in [0.25, 0.3) is 0 Å². The molecule has 0 rings (SSSR count). The number of rotatable bonds is 2. The van der Waals surface area contributed by atoms with E-state index in [1.807, 2.05) is 0 Å². The van der Waals surface area contributed by atoms with Crippen LogP contribution in [0.15, 0.2) is 0 Å². The fraction of sp³-hybridized carbons (Fsp3) is 0. The quantitative estimate of drug-likeness (QED) is 0.343. The molecule has 9 nitrogen and oxygen atoms in total. The Bertz CT molecular complexity index is 153. The van der Waals surface area contributed by atoms with Gasteiger partial charge in [-0.2, -0.15) is 0 Å². The molecule has 0 saturated carbocycles. The summed E-state index contributed by atoms with van der Waals surface area (Å²) in [6, 6.07) is 0. The molecule has 0 amide bonds. The Morgan fingerprint density at radius 2 is 1.00 bits per heavy atom. The second kappa shape index (κ2) is 7.81. The predicted molar refractivity (Wildman–Crippen MR) is 29.3 cm³/mol. The van der Waals surface area contributed by atoms with Gasteiger partial charge in [0.1, 0.15) is 0 Å². The van der Waals surface area contributed by atoms with Crippen LogP contribution in [0.25, 0.3) is 0 Å². The molecule has 0 unspecified atom stereocenters. The van der Waals surface area contributed by atoms with Crippen LogP contribution in [0.4, 0.5) is 0 Å². The summed E-state index contributed by atoms with van der Waals surface area (Å²) in [5, 5.41) is 0. The first-order chi connectivity index (χ1) is 3.71. The van der Waals surface area contributed by atoms with Gasteiger partial charge in [-0.25, -0.2) is 0 Å². The molecule has 12 heavy (non-hydrogen) atoms. The van der Waals surface area contributed by atoms with Crippen molar-refractivity contribution in [2.45, 2.75) is 0 Å². The Kier molecular flexibility index (Phi) is 15.2. The minimum Gasteiger partial charge on any atom is -0.790 e. The van der Waals surface area contributed by atoms with E-state index in [1.54, 1.807) is 0 Å². The monoisotopic (exact) mass is 250 g/mol. The van der Waals surface area contributed by atoms with Crippen LogP contribution in [-0.4, -0.2) is 48.7 Å². The van der Waals surface area contributed by atoms with E-state index in [2.05, 4.69) is 4.31 Å². The molecule has 0 aromatic heterocycles. The fourth-order valence-corrected chi connectivity index (χ4v) is 1.10. The van der Waals surface area contributed by atoms with Gasteiger partial charge in [0, 0.05) is 0 Å². The van der Waals surface area contributed by atoms with E-state index in [0.29, 0.717) is 0 Å². The molecule has 0 spiro atoms. The summed E-state index contributed by atoms with van der Waals surface area (Å²) < 4.78 is 21.2. The summed E-state index contributed by atoms with van der Waals surface area (Å²) in [4.78, 5) is 37.3. The molecule has 4 N–H and O–H groups in total. The standard InChI is InChI=1S/Ca.H4O7P2.2H2O/c;1-8(2,3)7-9(4,5)6;;/h;(H2,1,2,3)(H2,4,5,6);2*1H2/q+2;;;/p-4. The van der Waals surface area contributed by atoms with E-state index in [-0.39, 0.29) is 48.7 Å². The van der Waals surface area contributed by atoms with E-state index < -0.39 is 15.6 Å². The van der Waals surface area contributed by atoms with E-state index in [0.717, 1.165) is 0 Å². The predicted octanol–water partition coefficient (Wildman–Crippen LogP) is -5.37. The largest absolute Gasteiger partial charge is 2.00 e. The van der Waals surface area contributed by atoms with Gasteiger partial charge < -0.3 is 44.0 Å². The van der Waals surface area contributed by atoms with Crippen molar-refractivity contribution in [3.63, 3.8) is 0 Å². The first-order valence-corrected chi connectivity index (χ1v) is 4.38. The Morgan fingerprint density at radius 1 is 0.833 bits per heavy atom. The van der Waals surface area contributed by atoms with Crippen LogP contribution in [-0.2, 0) is 13.4 Å². The van der Waals surface area contributed by atoms with Crippen molar-refractivity contribution in [2.24, 2.45) is 0 Å². The van der Waals surface area contributed by atoms with Crippen molar-refractivity contribution < 1.29 is 44.0 Å². The van der Waals surface area contributed by atoms with E-state index in [4.69, 9.17) is 0 Å². The first-order valence-electron chi connectivity index (χ1n) is 1.46. The normalized spacial score (nSPS) is 10.3. The SMILES string of the molecule is O.O.O=P([O-])([O-])OP(=O)([O-])[O-].[Ca+2]. The van der Waals surface area contributed by atoms with Crippen LogP contribution in [0.3, 0.4) is 0 Å². The summed E-state index contributed by atoms with van der Waals surface area (Å²) >= 11 is 0. The van der Waals surface area contributed by atoms with Gasteiger partial charge in [0.15, 0.2) is 0 Å². The van der Waals surface area contributed by atoms with Crippen molar-refractivity contribution in [1.29, 1.82) is 0 Å². The molecule has 0 heterocycles. The van der Waals surface area contributed by atoms with Crippen molar-refractivity contribution in [3.8, 4) is 0 Å². The van der Waals surface area contributed by atoms with Crippen LogP contribution in [0.1, 0.15) is 0 Å². The number of hydrogen-bond acceptors (Lipinski definition) is 7. The maximum atomic E-state index is 9.32. The first kappa shape index (κ1) is 23.3. The zero-order valence-electron chi connectivity index (χ0n) is 5.46. The Labute approximate surface area is 96.8 Å². The molecule has 0 aliphatic carbocycles. The third kappa shape index (κ3) is 22.5. The molecule has 0 aromatic carbocycles. The minimum absolute atomic E-state index is 0. The Balaban J connectivity index is -0.000000107. The summed E-state index contributed by atoms with van der Waals surface area (Å²) in [6.45, 7) is 0. The van der Waals surface area contributed by atoms with Gasteiger partial charge in [-0.1, -0.05) is 0 Å². The third-order valence-electron chi connectivity index (χ3n) is 0.200. The van der Waals surface area contributed by atoms with Crippen molar-refractivity contribution >= 4 is 53.4 Å². The summed E-state index contributed by atoms with van der Waals surface area (Å²) in [5.41, 5.74) is 0. The van der Waals surface area contributed by atoms with Gasteiger partial charge in [-0.3, -0.25) is 0 Å². The zero-order chi connectivity index (χ0) is 7.71. The molecular formula is H4CaO9P2-2. The molecule has 0 bridgehead atoms. The number of phosphoric acid groups is 2. The second-order valence-electron chi connectivity index (χ2n) is 0.976. The molecule has 0 radical (unpaired) electrons. The average molecular weight is 250 g/mol. The van der Waals surface area contributed by atoms with Crippen LogP contribution in [0.2, 0.25) is 0 Å². The van der Waals surface area contributed by atoms with Crippen LogP contribution in [0, 0.1) is 0 Å². The molecule has 0 atom stereocenters. The molecule has 12 heteroatoms. The van der Waals surface area contributed by atoms with Gasteiger partial charge in [-0.05, 0) is 0 Å². The van der Waals surface area contributed by atoms with Gasteiger partial charge in [0.05, 0.1) is 15.6 Å². The van der Waals surface area contributed by atoms with Gasteiger partial charge in [-0.15, -0.1) is 0 Å². The molecular weight excluding hydrogens is 246 g/mol. The van der Waals surface area contributed by atoms with E-state index in [1.165, 1.54) is 0 Å². The van der Waals surface area contributed by atoms with Crippen molar-refractivity contribution in [2.75, 3.05) is 0 Å². The maximum Gasteiger partial charge on any atom is 2.00 e. The van der Waals surface area contributed by atoms with Crippen LogP contribution in [0.5, 0.6) is 0 Å². The second-order valence-corrected chi connectivity index (χ2v) is 3.42. The van der Waals surface area contributed by atoms with Crippen molar-refractivity contribution in [1.82, 2.24) is 0 Å². The van der Waals surface area contributed by atoms with Crippen LogP contribution < -0.4 is 19.6 Å². The topological polar surface area (TPSA) is 199 Å². The van der Waals surface area contributed by atoms with Gasteiger partial charge in [0.2, 0.25) is 0 Å². The Hall–Kier alpha value is 1.44. The molecule has 72 valence electrons. The summed E-state index contributed by atoms with van der Waals surface area (Å²) in [6.07, 6.45) is 0. The molecule has 0 fully saturated rings. The average Bonchev–Trinajstić information content (AvgIpc) is 1.14. The molecule has 0 aliphatic rings. The minimum atomic E-state index is -5.68. The summed E-state index contributed by atoms with van der Waals surface area (Å²) in [5.74, 6) is 0.